The van der Waals surface area contributed by atoms with Crippen LogP contribution in [0.15, 0.2) is 36.5 Å². The molecule has 6 nitrogen and oxygen atoms in total. The first-order valence-electron chi connectivity index (χ1n) is 5.93. The van der Waals surface area contributed by atoms with Gasteiger partial charge in [-0.1, -0.05) is 0 Å². The van der Waals surface area contributed by atoms with Crippen molar-refractivity contribution in [3.05, 3.63) is 42.2 Å². The fraction of sp³-hybridized carbons (Fsp3) is 0.143. The summed E-state index contributed by atoms with van der Waals surface area (Å²) in [7, 11) is 3.08. The van der Waals surface area contributed by atoms with Crippen LogP contribution in [-0.2, 0) is 0 Å². The summed E-state index contributed by atoms with van der Waals surface area (Å²) in [6.07, 6.45) is 1.50. The molecule has 0 saturated heterocycles. The second-order valence-electron chi connectivity index (χ2n) is 3.97. The molecule has 0 aliphatic carbocycles. The highest BCUT2D eigenvalue weighted by Crippen LogP contribution is 2.33. The minimum Gasteiger partial charge on any atom is -0.493 e. The number of ether oxygens (including phenoxy) is 2. The molecule has 1 aromatic carbocycles. The SMILES string of the molecule is CNC(=O)c1cc(Oc2cc(N)ccc2OC)ccn1. The molecular weight excluding hydrogens is 258 g/mol. The molecule has 0 unspecified atom stereocenters. The Morgan fingerprint density at radius 2 is 2.05 bits per heavy atom. The third kappa shape index (κ3) is 2.97. The van der Waals surface area contributed by atoms with Crippen LogP contribution in [0.25, 0.3) is 0 Å². The van der Waals surface area contributed by atoms with Gasteiger partial charge in [-0.2, -0.15) is 0 Å². The van der Waals surface area contributed by atoms with Crippen molar-refractivity contribution in [3.63, 3.8) is 0 Å². The van der Waals surface area contributed by atoms with Gasteiger partial charge in [0, 0.05) is 31.1 Å². The lowest BCUT2D eigenvalue weighted by Crippen LogP contribution is -2.18. The van der Waals surface area contributed by atoms with Gasteiger partial charge in [-0.05, 0) is 18.2 Å². The third-order valence-electron chi connectivity index (χ3n) is 2.61. The Kier molecular flexibility index (Phi) is 4.05. The number of pyridine rings is 1. The molecule has 0 spiro atoms. The molecule has 6 heteroatoms. The number of hydrogen-bond donors (Lipinski definition) is 2. The maximum atomic E-state index is 11.5. The number of anilines is 1. The van der Waals surface area contributed by atoms with E-state index in [-0.39, 0.29) is 11.6 Å². The van der Waals surface area contributed by atoms with E-state index < -0.39 is 0 Å². The summed E-state index contributed by atoms with van der Waals surface area (Å²) in [6, 6.07) is 8.27. The molecule has 1 amide bonds. The first-order chi connectivity index (χ1) is 9.63. The number of nitrogen functional groups attached to an aromatic ring is 1. The van der Waals surface area contributed by atoms with Crippen molar-refractivity contribution in [1.29, 1.82) is 0 Å². The number of amides is 1. The van der Waals surface area contributed by atoms with Crippen LogP contribution in [0.4, 0.5) is 5.69 Å². The summed E-state index contributed by atoms with van der Waals surface area (Å²) in [5, 5.41) is 2.50. The van der Waals surface area contributed by atoms with Gasteiger partial charge < -0.3 is 20.5 Å². The number of aromatic nitrogens is 1. The molecule has 0 radical (unpaired) electrons. The first-order valence-corrected chi connectivity index (χ1v) is 5.93. The first kappa shape index (κ1) is 13.7. The summed E-state index contributed by atoms with van der Waals surface area (Å²) in [5.74, 6) is 1.22. The van der Waals surface area contributed by atoms with E-state index in [4.69, 9.17) is 15.2 Å². The van der Waals surface area contributed by atoms with Gasteiger partial charge in [0.2, 0.25) is 0 Å². The van der Waals surface area contributed by atoms with Gasteiger partial charge in [0.05, 0.1) is 7.11 Å². The number of rotatable bonds is 4. The van der Waals surface area contributed by atoms with Crippen molar-refractivity contribution in [1.82, 2.24) is 10.3 Å². The molecule has 3 N–H and O–H groups in total. The highest BCUT2D eigenvalue weighted by molar-refractivity contribution is 5.92. The smallest absolute Gasteiger partial charge is 0.269 e. The number of carbonyl (C=O) groups excluding carboxylic acids is 1. The summed E-state index contributed by atoms with van der Waals surface area (Å²) in [6.45, 7) is 0. The molecule has 0 aliphatic rings. The number of hydrogen-bond acceptors (Lipinski definition) is 5. The van der Waals surface area contributed by atoms with E-state index in [9.17, 15) is 4.79 Å². The predicted molar refractivity (Wildman–Crippen MR) is 75.1 cm³/mol. The lowest BCUT2D eigenvalue weighted by atomic mass is 10.2. The molecule has 0 aliphatic heterocycles. The zero-order valence-corrected chi connectivity index (χ0v) is 11.2. The van der Waals surface area contributed by atoms with Crippen LogP contribution in [0.5, 0.6) is 17.2 Å². The van der Waals surface area contributed by atoms with Crippen molar-refractivity contribution >= 4 is 11.6 Å². The van der Waals surface area contributed by atoms with Gasteiger partial charge in [0.25, 0.3) is 5.91 Å². The van der Waals surface area contributed by atoms with E-state index in [0.29, 0.717) is 22.9 Å². The highest BCUT2D eigenvalue weighted by Gasteiger charge is 2.09. The standard InChI is InChI=1S/C14H15N3O3/c1-16-14(18)11-8-10(5-6-17-11)20-13-7-9(15)3-4-12(13)19-2/h3-8H,15H2,1-2H3,(H,16,18). The normalized spacial score (nSPS) is 9.90. The molecule has 1 heterocycles. The molecular formula is C14H15N3O3. The molecule has 2 aromatic rings. The molecule has 104 valence electrons. The zero-order valence-electron chi connectivity index (χ0n) is 11.2. The molecule has 0 saturated carbocycles. The summed E-state index contributed by atoms with van der Waals surface area (Å²) in [4.78, 5) is 15.5. The summed E-state index contributed by atoms with van der Waals surface area (Å²) >= 11 is 0. The van der Waals surface area contributed by atoms with Crippen LogP contribution in [-0.4, -0.2) is 25.0 Å². The average molecular weight is 273 g/mol. The van der Waals surface area contributed by atoms with Gasteiger partial charge in [0.15, 0.2) is 11.5 Å². The number of carbonyl (C=O) groups is 1. The Labute approximate surface area is 116 Å². The Bertz CT molecular complexity index is 629. The maximum Gasteiger partial charge on any atom is 0.269 e. The maximum absolute atomic E-state index is 11.5. The van der Waals surface area contributed by atoms with Gasteiger partial charge in [0.1, 0.15) is 11.4 Å². The predicted octanol–water partition coefficient (Wildman–Crippen LogP) is 1.82. The fourth-order valence-corrected chi connectivity index (χ4v) is 1.63. The van der Waals surface area contributed by atoms with Gasteiger partial charge >= 0.3 is 0 Å². The lowest BCUT2D eigenvalue weighted by molar-refractivity contribution is 0.0958. The van der Waals surface area contributed by atoms with E-state index >= 15 is 0 Å². The minimum atomic E-state index is -0.282. The number of nitrogens with two attached hydrogens (primary N) is 1. The fourth-order valence-electron chi connectivity index (χ4n) is 1.63. The van der Waals surface area contributed by atoms with Crippen molar-refractivity contribution in [2.45, 2.75) is 0 Å². The zero-order chi connectivity index (χ0) is 14.5. The summed E-state index contributed by atoms with van der Waals surface area (Å²) in [5.41, 5.74) is 6.55. The number of methoxy groups -OCH3 is 1. The van der Waals surface area contributed by atoms with Gasteiger partial charge in [-0.25, -0.2) is 0 Å². The number of benzene rings is 1. The number of nitrogens with zero attached hydrogens (tertiary/aromatic N) is 1. The van der Waals surface area contributed by atoms with E-state index in [2.05, 4.69) is 10.3 Å². The highest BCUT2D eigenvalue weighted by atomic mass is 16.5. The van der Waals surface area contributed by atoms with Crippen molar-refractivity contribution in [2.75, 3.05) is 19.9 Å². The van der Waals surface area contributed by atoms with Gasteiger partial charge in [-0.15, -0.1) is 0 Å². The van der Waals surface area contributed by atoms with Crippen LogP contribution < -0.4 is 20.5 Å². The molecule has 1 aromatic heterocycles. The van der Waals surface area contributed by atoms with E-state index in [1.54, 1.807) is 44.5 Å². The second-order valence-corrected chi connectivity index (χ2v) is 3.97. The van der Waals surface area contributed by atoms with Crippen LogP contribution in [0.2, 0.25) is 0 Å². The van der Waals surface area contributed by atoms with Crippen LogP contribution in [0.1, 0.15) is 10.5 Å². The molecule has 0 atom stereocenters. The third-order valence-corrected chi connectivity index (χ3v) is 2.61. The molecule has 2 rings (SSSR count). The van der Waals surface area contributed by atoms with Crippen LogP contribution >= 0.6 is 0 Å². The topological polar surface area (TPSA) is 86.5 Å². The Morgan fingerprint density at radius 3 is 2.75 bits per heavy atom. The molecule has 20 heavy (non-hydrogen) atoms. The largest absolute Gasteiger partial charge is 0.493 e. The molecule has 0 fully saturated rings. The summed E-state index contributed by atoms with van der Waals surface area (Å²) < 4.78 is 10.9. The van der Waals surface area contributed by atoms with Crippen molar-refractivity contribution in [3.8, 4) is 17.2 Å². The van der Waals surface area contributed by atoms with Crippen LogP contribution in [0, 0.1) is 0 Å². The average Bonchev–Trinajstić information content (AvgIpc) is 2.47. The minimum absolute atomic E-state index is 0.271. The quantitative estimate of drug-likeness (QED) is 0.830. The van der Waals surface area contributed by atoms with Crippen molar-refractivity contribution < 1.29 is 14.3 Å². The number of nitrogens with one attached hydrogen (secondary N) is 1. The second kappa shape index (κ2) is 5.92. The van der Waals surface area contributed by atoms with E-state index in [1.807, 2.05) is 0 Å². The van der Waals surface area contributed by atoms with Gasteiger partial charge in [-0.3, -0.25) is 9.78 Å². The Hall–Kier alpha value is -2.76. The Balaban J connectivity index is 2.30. The van der Waals surface area contributed by atoms with Crippen molar-refractivity contribution in [2.24, 2.45) is 0 Å². The lowest BCUT2D eigenvalue weighted by Gasteiger charge is -2.11. The van der Waals surface area contributed by atoms with E-state index in [0.717, 1.165) is 0 Å². The van der Waals surface area contributed by atoms with E-state index in [1.165, 1.54) is 6.20 Å². The Morgan fingerprint density at radius 1 is 1.25 bits per heavy atom. The van der Waals surface area contributed by atoms with Crippen LogP contribution in [0.3, 0.4) is 0 Å². The molecule has 0 bridgehead atoms. The monoisotopic (exact) mass is 273 g/mol.